The number of nitrogens with one attached hydrogen (secondary N) is 1. The van der Waals surface area contributed by atoms with Gasteiger partial charge in [0.2, 0.25) is 0 Å². The molecule has 142 valence electrons. The lowest BCUT2D eigenvalue weighted by atomic mass is 10.0. The molecule has 0 aromatic heterocycles. The van der Waals surface area contributed by atoms with Crippen molar-refractivity contribution in [2.45, 2.75) is 25.8 Å². The highest BCUT2D eigenvalue weighted by Crippen LogP contribution is 2.23. The average molecular weight is 406 g/mol. The Hall–Kier alpha value is -2.30. The van der Waals surface area contributed by atoms with Crippen LogP contribution in [-0.2, 0) is 14.3 Å². The minimum atomic E-state index is -0.608. The van der Waals surface area contributed by atoms with E-state index in [1.54, 1.807) is 24.3 Å². The second kappa shape index (κ2) is 10.8. The number of hydrogen-bond acceptors (Lipinski definition) is 3. The minimum Gasteiger partial charge on any atom is -0.452 e. The topological polar surface area (TPSA) is 55.4 Å². The van der Waals surface area contributed by atoms with Crippen molar-refractivity contribution in [2.75, 3.05) is 6.61 Å². The van der Waals surface area contributed by atoms with Gasteiger partial charge in [-0.05, 0) is 35.8 Å². The number of amides is 1. The minimum absolute atomic E-state index is 0.103. The molecular weight excluding hydrogens is 385 g/mol. The number of carbonyl (C=O) groups is 2. The quantitative estimate of drug-likeness (QED) is 0.484. The molecule has 0 aliphatic rings. The van der Waals surface area contributed by atoms with Crippen LogP contribution in [0.4, 0.5) is 0 Å². The van der Waals surface area contributed by atoms with Gasteiger partial charge in [0.05, 0.1) is 16.1 Å². The summed E-state index contributed by atoms with van der Waals surface area (Å²) < 4.78 is 5.00. The highest BCUT2D eigenvalue weighted by atomic mass is 35.5. The third-order valence-corrected chi connectivity index (χ3v) is 4.55. The molecule has 0 spiro atoms. The van der Waals surface area contributed by atoms with Gasteiger partial charge in [-0.15, -0.1) is 0 Å². The normalized spacial score (nSPS) is 12.0. The van der Waals surface area contributed by atoms with Crippen molar-refractivity contribution in [3.8, 4) is 0 Å². The van der Waals surface area contributed by atoms with Gasteiger partial charge in [0.25, 0.3) is 5.91 Å². The molecule has 0 bridgehead atoms. The van der Waals surface area contributed by atoms with Gasteiger partial charge < -0.3 is 10.1 Å². The summed E-state index contributed by atoms with van der Waals surface area (Å²) >= 11 is 11.8. The van der Waals surface area contributed by atoms with E-state index in [9.17, 15) is 9.59 Å². The molecule has 0 radical (unpaired) electrons. The average Bonchev–Trinajstić information content (AvgIpc) is 2.67. The molecule has 0 unspecified atom stereocenters. The second-order valence-electron chi connectivity index (χ2n) is 5.93. The third-order valence-electron chi connectivity index (χ3n) is 3.82. The van der Waals surface area contributed by atoms with Gasteiger partial charge in [-0.1, -0.05) is 72.9 Å². The molecule has 0 heterocycles. The fourth-order valence-electron chi connectivity index (χ4n) is 2.50. The highest BCUT2D eigenvalue weighted by Gasteiger charge is 2.14. The predicted octanol–water partition coefficient (Wildman–Crippen LogP) is 5.21. The van der Waals surface area contributed by atoms with Crippen molar-refractivity contribution in [1.29, 1.82) is 0 Å². The maximum atomic E-state index is 12.1. The summed E-state index contributed by atoms with van der Waals surface area (Å²) in [5, 5.41) is 3.74. The Morgan fingerprint density at radius 2 is 1.85 bits per heavy atom. The van der Waals surface area contributed by atoms with Crippen LogP contribution in [0.25, 0.3) is 6.08 Å². The fraction of sp³-hybridized carbons (Fsp3) is 0.238. The SMILES string of the molecule is CCC[C@H](NC(=O)COC(=O)/C=C/c1ccc(Cl)c(Cl)c1)c1ccccc1. The summed E-state index contributed by atoms with van der Waals surface area (Å²) in [6.45, 7) is 1.72. The van der Waals surface area contributed by atoms with Crippen LogP contribution >= 0.6 is 23.2 Å². The maximum Gasteiger partial charge on any atom is 0.331 e. The van der Waals surface area contributed by atoms with E-state index < -0.39 is 5.97 Å². The Morgan fingerprint density at radius 3 is 2.52 bits per heavy atom. The van der Waals surface area contributed by atoms with E-state index in [1.165, 1.54) is 6.08 Å². The Labute approximate surface area is 169 Å². The number of halogens is 2. The number of ether oxygens (including phenoxy) is 1. The van der Waals surface area contributed by atoms with Gasteiger partial charge >= 0.3 is 5.97 Å². The van der Waals surface area contributed by atoms with Crippen LogP contribution in [0.15, 0.2) is 54.6 Å². The summed E-state index contributed by atoms with van der Waals surface area (Å²) in [5.74, 6) is -0.948. The van der Waals surface area contributed by atoms with E-state index in [0.29, 0.717) is 15.6 Å². The molecular formula is C21H21Cl2NO3. The van der Waals surface area contributed by atoms with E-state index in [4.69, 9.17) is 27.9 Å². The Balaban J connectivity index is 1.85. The molecule has 1 amide bonds. The molecule has 27 heavy (non-hydrogen) atoms. The summed E-state index contributed by atoms with van der Waals surface area (Å²) in [5.41, 5.74) is 1.73. The van der Waals surface area contributed by atoms with Gasteiger partial charge in [0.15, 0.2) is 6.61 Å². The molecule has 0 fully saturated rings. The van der Waals surface area contributed by atoms with Crippen LogP contribution in [0.1, 0.15) is 36.9 Å². The molecule has 1 atom stereocenters. The lowest BCUT2D eigenvalue weighted by Crippen LogP contribution is -2.32. The Morgan fingerprint density at radius 1 is 1.11 bits per heavy atom. The molecule has 0 saturated carbocycles. The summed E-state index contributed by atoms with van der Waals surface area (Å²) in [4.78, 5) is 23.9. The van der Waals surface area contributed by atoms with Gasteiger partial charge in [0, 0.05) is 6.08 Å². The number of hydrogen-bond donors (Lipinski definition) is 1. The zero-order chi connectivity index (χ0) is 19.6. The highest BCUT2D eigenvalue weighted by molar-refractivity contribution is 6.42. The standard InChI is InChI=1S/C21H21Cl2NO3/c1-2-6-19(16-7-4-3-5-8-16)24-20(25)14-27-21(26)12-10-15-9-11-17(22)18(23)13-15/h3-5,7-13,19H,2,6,14H2,1H3,(H,24,25)/b12-10+/t19-/m0/s1. The fourth-order valence-corrected chi connectivity index (χ4v) is 2.80. The molecule has 2 aromatic carbocycles. The molecule has 2 rings (SSSR count). The van der Waals surface area contributed by atoms with Crippen molar-refractivity contribution in [1.82, 2.24) is 5.32 Å². The zero-order valence-electron chi connectivity index (χ0n) is 15.0. The molecule has 6 heteroatoms. The first-order valence-corrected chi connectivity index (χ1v) is 9.39. The van der Waals surface area contributed by atoms with Crippen molar-refractivity contribution >= 4 is 41.2 Å². The van der Waals surface area contributed by atoms with Crippen LogP contribution in [-0.4, -0.2) is 18.5 Å². The molecule has 2 aromatic rings. The largest absolute Gasteiger partial charge is 0.452 e. The summed E-state index contributed by atoms with van der Waals surface area (Å²) in [6.07, 6.45) is 4.52. The van der Waals surface area contributed by atoms with Crippen LogP contribution in [0.3, 0.4) is 0 Å². The zero-order valence-corrected chi connectivity index (χ0v) is 16.5. The number of rotatable bonds is 8. The van der Waals surface area contributed by atoms with E-state index in [-0.39, 0.29) is 18.6 Å². The maximum absolute atomic E-state index is 12.1. The smallest absolute Gasteiger partial charge is 0.331 e. The lowest BCUT2D eigenvalue weighted by molar-refractivity contribution is -0.144. The van der Waals surface area contributed by atoms with E-state index >= 15 is 0 Å². The molecule has 4 nitrogen and oxygen atoms in total. The van der Waals surface area contributed by atoms with E-state index in [0.717, 1.165) is 18.4 Å². The van der Waals surface area contributed by atoms with Crippen LogP contribution < -0.4 is 5.32 Å². The van der Waals surface area contributed by atoms with E-state index in [1.807, 2.05) is 30.3 Å². The monoisotopic (exact) mass is 405 g/mol. The first-order valence-electron chi connectivity index (χ1n) is 8.63. The van der Waals surface area contributed by atoms with Gasteiger partial charge in [0.1, 0.15) is 0 Å². The molecule has 0 aliphatic carbocycles. The third kappa shape index (κ3) is 7.08. The number of carbonyl (C=O) groups excluding carboxylic acids is 2. The lowest BCUT2D eigenvalue weighted by Gasteiger charge is -2.18. The predicted molar refractivity (Wildman–Crippen MR) is 109 cm³/mol. The number of benzene rings is 2. The molecule has 0 saturated heterocycles. The second-order valence-corrected chi connectivity index (χ2v) is 6.75. The number of esters is 1. The van der Waals surface area contributed by atoms with Crippen molar-refractivity contribution in [3.05, 3.63) is 75.8 Å². The summed E-state index contributed by atoms with van der Waals surface area (Å²) in [7, 11) is 0. The van der Waals surface area contributed by atoms with Crippen LogP contribution in [0.2, 0.25) is 10.0 Å². The summed E-state index contributed by atoms with van der Waals surface area (Å²) in [6, 6.07) is 14.6. The van der Waals surface area contributed by atoms with Gasteiger partial charge in [-0.2, -0.15) is 0 Å². The van der Waals surface area contributed by atoms with Crippen LogP contribution in [0, 0.1) is 0 Å². The van der Waals surface area contributed by atoms with Crippen molar-refractivity contribution in [2.24, 2.45) is 0 Å². The van der Waals surface area contributed by atoms with Crippen LogP contribution in [0.5, 0.6) is 0 Å². The van der Waals surface area contributed by atoms with Crippen molar-refractivity contribution in [3.63, 3.8) is 0 Å². The van der Waals surface area contributed by atoms with Gasteiger partial charge in [-0.3, -0.25) is 4.79 Å². The Bertz CT molecular complexity index is 806. The molecule has 1 N–H and O–H groups in total. The van der Waals surface area contributed by atoms with Gasteiger partial charge in [-0.25, -0.2) is 4.79 Å². The van der Waals surface area contributed by atoms with E-state index in [2.05, 4.69) is 12.2 Å². The van der Waals surface area contributed by atoms with Crippen molar-refractivity contribution < 1.29 is 14.3 Å². The molecule has 0 aliphatic heterocycles. The first-order chi connectivity index (χ1) is 13.0. The first kappa shape index (κ1) is 21.0. The Kier molecular flexibility index (Phi) is 8.37.